The predicted octanol–water partition coefficient (Wildman–Crippen LogP) is 1.40. The molecule has 4 heteroatoms. The molecular formula is C8H12ClN3. The Hall–Kier alpha value is -1.09. The average molecular weight is 186 g/mol. The van der Waals surface area contributed by atoms with Gasteiger partial charge in [0.05, 0.1) is 0 Å². The number of aryl methyl sites for hydroxylation is 2. The molecule has 0 unspecified atom stereocenters. The van der Waals surface area contributed by atoms with Crippen molar-refractivity contribution < 1.29 is 0 Å². The highest BCUT2D eigenvalue weighted by atomic mass is 35.5. The van der Waals surface area contributed by atoms with Crippen LogP contribution in [-0.2, 0) is 0 Å². The number of amidine groups is 1. The molecule has 1 rings (SSSR count). The zero-order valence-electron chi connectivity index (χ0n) is 7.09. The van der Waals surface area contributed by atoms with Crippen molar-refractivity contribution >= 4 is 18.2 Å². The van der Waals surface area contributed by atoms with Gasteiger partial charge in [0, 0.05) is 5.69 Å². The molecule has 0 aliphatic rings. The van der Waals surface area contributed by atoms with Crippen LogP contribution in [0.25, 0.3) is 0 Å². The second-order valence-corrected chi connectivity index (χ2v) is 2.53. The van der Waals surface area contributed by atoms with Gasteiger partial charge >= 0.3 is 0 Å². The predicted molar refractivity (Wildman–Crippen MR) is 52.0 cm³/mol. The lowest BCUT2D eigenvalue weighted by atomic mass is 10.2. The molecule has 0 radical (unpaired) electrons. The number of nitrogens with zero attached hydrogens (tertiary/aromatic N) is 1. The molecule has 0 aliphatic heterocycles. The van der Waals surface area contributed by atoms with Crippen LogP contribution in [-0.4, -0.2) is 10.8 Å². The lowest BCUT2D eigenvalue weighted by Gasteiger charge is -2.02. The minimum atomic E-state index is 0. The van der Waals surface area contributed by atoms with Crippen LogP contribution in [0.2, 0.25) is 0 Å². The van der Waals surface area contributed by atoms with E-state index in [4.69, 9.17) is 11.1 Å². The van der Waals surface area contributed by atoms with Gasteiger partial charge in [-0.2, -0.15) is 0 Å². The van der Waals surface area contributed by atoms with Crippen molar-refractivity contribution in [2.24, 2.45) is 5.73 Å². The Kier molecular flexibility index (Phi) is 3.70. The van der Waals surface area contributed by atoms with Crippen molar-refractivity contribution in [3.63, 3.8) is 0 Å². The smallest absolute Gasteiger partial charge is 0.142 e. The van der Waals surface area contributed by atoms with Gasteiger partial charge in [0.1, 0.15) is 11.5 Å². The molecule has 0 saturated carbocycles. The molecule has 0 spiro atoms. The largest absolute Gasteiger partial charge is 0.382 e. The van der Waals surface area contributed by atoms with E-state index in [9.17, 15) is 0 Å². The Balaban J connectivity index is 0.00000121. The van der Waals surface area contributed by atoms with Crippen molar-refractivity contribution in [3.05, 3.63) is 29.1 Å². The monoisotopic (exact) mass is 185 g/mol. The Morgan fingerprint density at radius 3 is 2.42 bits per heavy atom. The van der Waals surface area contributed by atoms with Crippen LogP contribution in [0.4, 0.5) is 0 Å². The molecule has 1 heterocycles. The van der Waals surface area contributed by atoms with Crippen LogP contribution in [0, 0.1) is 19.3 Å². The maximum absolute atomic E-state index is 7.19. The van der Waals surface area contributed by atoms with Gasteiger partial charge in [-0.25, -0.2) is 4.98 Å². The summed E-state index contributed by atoms with van der Waals surface area (Å²) >= 11 is 0. The van der Waals surface area contributed by atoms with E-state index in [2.05, 4.69) is 4.98 Å². The highest BCUT2D eigenvalue weighted by Gasteiger charge is 2.01. The number of pyridine rings is 1. The first kappa shape index (κ1) is 10.9. The Morgan fingerprint density at radius 2 is 2.00 bits per heavy atom. The fourth-order valence-electron chi connectivity index (χ4n) is 0.899. The van der Waals surface area contributed by atoms with E-state index in [1.807, 2.05) is 26.0 Å². The summed E-state index contributed by atoms with van der Waals surface area (Å²) in [5.74, 6) is 0.0335. The summed E-state index contributed by atoms with van der Waals surface area (Å²) in [5.41, 5.74) is 7.73. The number of halogens is 1. The molecule has 0 fully saturated rings. The molecule has 0 atom stereocenters. The van der Waals surface area contributed by atoms with Gasteiger partial charge in [-0.05, 0) is 25.5 Å². The zero-order valence-corrected chi connectivity index (χ0v) is 7.90. The molecule has 12 heavy (non-hydrogen) atoms. The van der Waals surface area contributed by atoms with E-state index in [0.29, 0.717) is 5.69 Å². The van der Waals surface area contributed by atoms with Crippen molar-refractivity contribution in [1.29, 1.82) is 5.41 Å². The summed E-state index contributed by atoms with van der Waals surface area (Å²) in [6.45, 7) is 3.77. The lowest BCUT2D eigenvalue weighted by Crippen LogP contribution is -2.15. The fraction of sp³-hybridized carbons (Fsp3) is 0.250. The van der Waals surface area contributed by atoms with E-state index in [0.717, 1.165) is 11.3 Å². The molecule has 0 amide bonds. The fourth-order valence-corrected chi connectivity index (χ4v) is 0.899. The van der Waals surface area contributed by atoms with E-state index >= 15 is 0 Å². The Bertz CT molecular complexity index is 296. The maximum atomic E-state index is 7.19. The Labute approximate surface area is 77.9 Å². The summed E-state index contributed by atoms with van der Waals surface area (Å²) < 4.78 is 0. The van der Waals surface area contributed by atoms with E-state index < -0.39 is 0 Å². The second kappa shape index (κ2) is 4.07. The van der Waals surface area contributed by atoms with Crippen LogP contribution < -0.4 is 5.73 Å². The summed E-state index contributed by atoms with van der Waals surface area (Å²) in [6.07, 6.45) is 0. The SMILES string of the molecule is Cc1ccc(C)c(C(=N)N)n1.Cl. The van der Waals surface area contributed by atoms with Gasteiger partial charge in [-0.15, -0.1) is 12.4 Å². The third-order valence-electron chi connectivity index (χ3n) is 1.49. The van der Waals surface area contributed by atoms with Crippen molar-refractivity contribution in [3.8, 4) is 0 Å². The topological polar surface area (TPSA) is 62.8 Å². The van der Waals surface area contributed by atoms with Gasteiger partial charge in [-0.3, -0.25) is 5.41 Å². The van der Waals surface area contributed by atoms with Crippen LogP contribution in [0.5, 0.6) is 0 Å². The van der Waals surface area contributed by atoms with E-state index in [1.165, 1.54) is 0 Å². The summed E-state index contributed by atoms with van der Waals surface area (Å²) in [4.78, 5) is 4.12. The van der Waals surface area contributed by atoms with Gasteiger partial charge in [-0.1, -0.05) is 6.07 Å². The highest BCUT2D eigenvalue weighted by Crippen LogP contribution is 2.04. The minimum Gasteiger partial charge on any atom is -0.382 e. The van der Waals surface area contributed by atoms with Crippen molar-refractivity contribution in [2.75, 3.05) is 0 Å². The molecule has 0 aliphatic carbocycles. The molecule has 3 N–H and O–H groups in total. The van der Waals surface area contributed by atoms with Gasteiger partial charge in [0.2, 0.25) is 0 Å². The van der Waals surface area contributed by atoms with Crippen molar-refractivity contribution in [1.82, 2.24) is 4.98 Å². The normalized spacial score (nSPS) is 8.83. The zero-order chi connectivity index (χ0) is 8.43. The van der Waals surface area contributed by atoms with E-state index in [1.54, 1.807) is 0 Å². The first-order valence-corrected chi connectivity index (χ1v) is 3.40. The third kappa shape index (κ3) is 2.20. The molecular weight excluding hydrogens is 174 g/mol. The summed E-state index contributed by atoms with van der Waals surface area (Å²) in [7, 11) is 0. The number of nitrogens with two attached hydrogens (primary N) is 1. The first-order valence-electron chi connectivity index (χ1n) is 3.40. The molecule has 3 nitrogen and oxygen atoms in total. The van der Waals surface area contributed by atoms with Crippen LogP contribution in [0.15, 0.2) is 12.1 Å². The first-order chi connectivity index (χ1) is 5.11. The number of hydrogen-bond acceptors (Lipinski definition) is 2. The standard InChI is InChI=1S/C8H11N3.ClH/c1-5-3-4-6(2)11-7(5)8(9)10;/h3-4H,1-2H3,(H3,9,10);1H. The van der Waals surface area contributed by atoms with E-state index in [-0.39, 0.29) is 18.2 Å². The summed E-state index contributed by atoms with van der Waals surface area (Å²) in [6, 6.07) is 3.82. The minimum absolute atomic E-state index is 0. The van der Waals surface area contributed by atoms with Gasteiger partial charge < -0.3 is 5.73 Å². The quantitative estimate of drug-likeness (QED) is 0.513. The number of hydrogen-bond donors (Lipinski definition) is 2. The molecule has 0 saturated heterocycles. The van der Waals surface area contributed by atoms with Crippen LogP contribution in [0.1, 0.15) is 17.0 Å². The lowest BCUT2D eigenvalue weighted by molar-refractivity contribution is 1.13. The van der Waals surface area contributed by atoms with Crippen LogP contribution >= 0.6 is 12.4 Å². The molecule has 0 bridgehead atoms. The number of nitrogen functional groups attached to an aromatic ring is 1. The average Bonchev–Trinajstić information content (AvgIpc) is 1.94. The summed E-state index contributed by atoms with van der Waals surface area (Å²) in [5, 5.41) is 7.19. The van der Waals surface area contributed by atoms with Gasteiger partial charge in [0.25, 0.3) is 0 Å². The molecule has 1 aromatic heterocycles. The second-order valence-electron chi connectivity index (χ2n) is 2.53. The molecule has 1 aromatic rings. The maximum Gasteiger partial charge on any atom is 0.142 e. The van der Waals surface area contributed by atoms with Crippen LogP contribution in [0.3, 0.4) is 0 Å². The number of rotatable bonds is 1. The number of aromatic nitrogens is 1. The van der Waals surface area contributed by atoms with Crippen molar-refractivity contribution in [2.45, 2.75) is 13.8 Å². The number of nitrogens with one attached hydrogen (secondary N) is 1. The molecule has 66 valence electrons. The Morgan fingerprint density at radius 1 is 1.42 bits per heavy atom. The van der Waals surface area contributed by atoms with Gasteiger partial charge in [0.15, 0.2) is 0 Å². The molecule has 0 aromatic carbocycles. The third-order valence-corrected chi connectivity index (χ3v) is 1.49. The highest BCUT2D eigenvalue weighted by molar-refractivity contribution is 5.94.